The van der Waals surface area contributed by atoms with Gasteiger partial charge in [-0.1, -0.05) is 25.0 Å². The molecule has 4 fully saturated rings. The molecule has 57 heavy (non-hydrogen) atoms. The largest absolute Gasteiger partial charge is 0.371 e. The van der Waals surface area contributed by atoms with Gasteiger partial charge in [0, 0.05) is 88.6 Å². The summed E-state index contributed by atoms with van der Waals surface area (Å²) in [6.07, 6.45) is 10.8. The van der Waals surface area contributed by atoms with E-state index in [2.05, 4.69) is 59.5 Å². The molecule has 3 saturated heterocycles. The number of piperazine rings is 1. The van der Waals surface area contributed by atoms with E-state index in [1.165, 1.54) is 23.7 Å². The predicted molar refractivity (Wildman–Crippen MR) is 219 cm³/mol. The summed E-state index contributed by atoms with van der Waals surface area (Å²) in [5.74, 6) is 1.11. The molecule has 1 aliphatic carbocycles. The second-order valence-corrected chi connectivity index (χ2v) is 16.6. The lowest BCUT2D eigenvalue weighted by molar-refractivity contribution is -0.137. The molecule has 1 saturated carbocycles. The third-order valence-electron chi connectivity index (χ3n) is 13.1. The standard InChI is InChI=1S/C43H52N10O4/c1-27-33-23-45-43(48-40(33)53(31-7-3-4-8-31)42(57)39(27)28(2)54)46-37-12-10-32(22-44-37)50-20-18-49(19-21-50)24-29-14-16-51(17-15-29)35-9-5-6-30-25-52(26-34(30)35)36-11-13-38(55)47-41(36)56/h5-6,9-10,12,22-23,29,31,36H,3-4,7-8,11,13-21,24-26H2,1-2H3,(H,47,55,56)(H,44,45,46,48). The number of benzene rings is 1. The van der Waals surface area contributed by atoms with Crippen LogP contribution in [0.3, 0.4) is 0 Å². The van der Waals surface area contributed by atoms with Gasteiger partial charge in [0.25, 0.3) is 5.56 Å². The van der Waals surface area contributed by atoms with Crippen molar-refractivity contribution in [2.75, 3.05) is 60.9 Å². The van der Waals surface area contributed by atoms with Crippen molar-refractivity contribution >= 4 is 51.8 Å². The van der Waals surface area contributed by atoms with Crippen molar-refractivity contribution in [3.05, 3.63) is 75.3 Å². The number of nitrogens with one attached hydrogen (secondary N) is 2. The Kier molecular flexibility index (Phi) is 10.2. The van der Waals surface area contributed by atoms with Crippen LogP contribution >= 0.6 is 0 Å². The molecule has 4 aliphatic heterocycles. The van der Waals surface area contributed by atoms with Crippen LogP contribution in [0.1, 0.15) is 91.4 Å². The van der Waals surface area contributed by atoms with Gasteiger partial charge in [-0.25, -0.2) is 9.97 Å². The van der Waals surface area contributed by atoms with E-state index in [1.54, 1.807) is 17.7 Å². The normalized spacial score (nSPS) is 21.3. The summed E-state index contributed by atoms with van der Waals surface area (Å²) in [7, 11) is 0. The van der Waals surface area contributed by atoms with E-state index in [0.29, 0.717) is 41.7 Å². The molecule has 14 nitrogen and oxygen atoms in total. The fourth-order valence-electron chi connectivity index (χ4n) is 9.96. The number of hydrogen-bond acceptors (Lipinski definition) is 12. The molecule has 5 aliphatic rings. The molecule has 0 spiro atoms. The number of anilines is 4. The molecule has 4 aromatic rings. The van der Waals surface area contributed by atoms with Crippen LogP contribution in [0.5, 0.6) is 0 Å². The lowest BCUT2D eigenvalue weighted by Gasteiger charge is -2.40. The molecule has 0 bridgehead atoms. The molecule has 298 valence electrons. The zero-order valence-electron chi connectivity index (χ0n) is 33.0. The molecule has 1 unspecified atom stereocenters. The number of carbonyl (C=O) groups is 3. The van der Waals surface area contributed by atoms with E-state index in [9.17, 15) is 19.2 Å². The van der Waals surface area contributed by atoms with E-state index < -0.39 is 0 Å². The van der Waals surface area contributed by atoms with Crippen molar-refractivity contribution < 1.29 is 14.4 Å². The Morgan fingerprint density at radius 1 is 0.877 bits per heavy atom. The zero-order valence-corrected chi connectivity index (χ0v) is 33.0. The monoisotopic (exact) mass is 772 g/mol. The first-order valence-electron chi connectivity index (χ1n) is 20.8. The Balaban J connectivity index is 0.775. The topological polar surface area (TPSA) is 149 Å². The van der Waals surface area contributed by atoms with E-state index in [1.807, 2.05) is 12.3 Å². The first kappa shape index (κ1) is 37.4. The number of aromatic nitrogens is 4. The molecule has 0 radical (unpaired) electrons. The van der Waals surface area contributed by atoms with Crippen molar-refractivity contribution in [3.63, 3.8) is 0 Å². The van der Waals surface area contributed by atoms with Crippen LogP contribution in [-0.2, 0) is 22.7 Å². The number of fused-ring (bicyclic) bond motifs is 2. The molecule has 7 heterocycles. The highest BCUT2D eigenvalue weighted by atomic mass is 16.2. The van der Waals surface area contributed by atoms with Crippen LogP contribution in [0.25, 0.3) is 11.0 Å². The van der Waals surface area contributed by atoms with Gasteiger partial charge < -0.3 is 15.1 Å². The molecular formula is C43H52N10O4. The molecule has 2 amide bonds. The molecular weight excluding hydrogens is 721 g/mol. The quantitative estimate of drug-likeness (QED) is 0.179. The van der Waals surface area contributed by atoms with Crippen molar-refractivity contribution in [1.29, 1.82) is 0 Å². The Hall–Kier alpha value is -5.21. The number of ketones is 1. The predicted octanol–water partition coefficient (Wildman–Crippen LogP) is 4.72. The average molecular weight is 773 g/mol. The summed E-state index contributed by atoms with van der Waals surface area (Å²) in [4.78, 5) is 74.2. The number of imide groups is 1. The maximum absolute atomic E-state index is 13.6. The van der Waals surface area contributed by atoms with Gasteiger partial charge in [-0.3, -0.25) is 38.9 Å². The van der Waals surface area contributed by atoms with E-state index >= 15 is 0 Å². The van der Waals surface area contributed by atoms with Gasteiger partial charge in [-0.05, 0) is 86.8 Å². The minimum atomic E-state index is -0.259. The van der Waals surface area contributed by atoms with Gasteiger partial charge in [-0.2, -0.15) is 4.98 Å². The van der Waals surface area contributed by atoms with E-state index in [-0.39, 0.29) is 40.8 Å². The van der Waals surface area contributed by atoms with Crippen LogP contribution in [0.4, 0.5) is 23.1 Å². The number of carbonyl (C=O) groups excluding carboxylic acids is 3. The molecule has 1 aromatic carbocycles. The van der Waals surface area contributed by atoms with Gasteiger partial charge in [0.15, 0.2) is 5.78 Å². The summed E-state index contributed by atoms with van der Waals surface area (Å²) >= 11 is 0. The highest BCUT2D eigenvalue weighted by Crippen LogP contribution is 2.36. The summed E-state index contributed by atoms with van der Waals surface area (Å²) in [6, 6.07) is 10.4. The van der Waals surface area contributed by atoms with Crippen molar-refractivity contribution in [2.24, 2.45) is 5.92 Å². The Morgan fingerprint density at radius 3 is 2.39 bits per heavy atom. The first-order valence-corrected chi connectivity index (χ1v) is 20.8. The molecule has 1 atom stereocenters. The number of nitrogens with zero attached hydrogens (tertiary/aromatic N) is 8. The van der Waals surface area contributed by atoms with Crippen LogP contribution in [0.2, 0.25) is 0 Å². The molecule has 14 heteroatoms. The fourth-order valence-corrected chi connectivity index (χ4v) is 9.96. The first-order chi connectivity index (χ1) is 27.7. The number of amides is 2. The fraction of sp³-hybridized carbons (Fsp3) is 0.512. The molecule has 3 aromatic heterocycles. The molecule has 2 N–H and O–H groups in total. The van der Waals surface area contributed by atoms with E-state index in [4.69, 9.17) is 9.97 Å². The van der Waals surface area contributed by atoms with Crippen molar-refractivity contribution in [2.45, 2.75) is 90.4 Å². The van der Waals surface area contributed by atoms with Crippen molar-refractivity contribution in [3.8, 4) is 0 Å². The van der Waals surface area contributed by atoms with Crippen LogP contribution in [0.15, 0.2) is 47.5 Å². The third kappa shape index (κ3) is 7.40. The maximum atomic E-state index is 13.6. The number of hydrogen-bond donors (Lipinski definition) is 2. The van der Waals surface area contributed by atoms with Crippen LogP contribution in [-0.4, -0.2) is 98.8 Å². The van der Waals surface area contributed by atoms with E-state index in [0.717, 1.165) is 109 Å². The number of aryl methyl sites for hydroxylation is 1. The SMILES string of the molecule is CC(=O)c1c(C)c2cnc(Nc3ccc(N4CCN(CC5CCN(c6cccc7c6CN(C6CCC(=O)NC6=O)C7)CC5)CC4)cn3)nc2n(C2CCCC2)c1=O. The smallest absolute Gasteiger partial charge is 0.263 e. The second-order valence-electron chi connectivity index (χ2n) is 16.6. The third-order valence-corrected chi connectivity index (χ3v) is 13.1. The summed E-state index contributed by atoms with van der Waals surface area (Å²) in [6.45, 7) is 11.9. The van der Waals surface area contributed by atoms with Gasteiger partial charge in [0.05, 0.1) is 23.5 Å². The summed E-state index contributed by atoms with van der Waals surface area (Å²) < 4.78 is 1.73. The Bertz CT molecular complexity index is 2250. The van der Waals surface area contributed by atoms with Gasteiger partial charge >= 0.3 is 0 Å². The van der Waals surface area contributed by atoms with Crippen LogP contribution < -0.4 is 26.0 Å². The van der Waals surface area contributed by atoms with Gasteiger partial charge in [-0.15, -0.1) is 0 Å². The second kappa shape index (κ2) is 15.6. The number of piperidine rings is 2. The lowest BCUT2D eigenvalue weighted by atomic mass is 9.94. The summed E-state index contributed by atoms with van der Waals surface area (Å²) in [5.41, 5.74) is 6.18. The average Bonchev–Trinajstić information content (AvgIpc) is 3.90. The number of pyridine rings is 2. The summed E-state index contributed by atoms with van der Waals surface area (Å²) in [5, 5.41) is 6.50. The highest BCUT2D eigenvalue weighted by molar-refractivity contribution is 6.00. The number of rotatable bonds is 9. The zero-order chi connectivity index (χ0) is 39.2. The van der Waals surface area contributed by atoms with Crippen LogP contribution in [0, 0.1) is 12.8 Å². The Labute approximate surface area is 332 Å². The number of Topliss-reactive ketones (excluding diaryl/α,β-unsaturated/α-hetero) is 1. The Morgan fingerprint density at radius 2 is 1.67 bits per heavy atom. The maximum Gasteiger partial charge on any atom is 0.263 e. The van der Waals surface area contributed by atoms with Gasteiger partial charge in [0.2, 0.25) is 17.8 Å². The highest BCUT2D eigenvalue weighted by Gasteiger charge is 2.36. The van der Waals surface area contributed by atoms with Gasteiger partial charge in [0.1, 0.15) is 11.5 Å². The van der Waals surface area contributed by atoms with Crippen molar-refractivity contribution in [1.82, 2.24) is 34.6 Å². The lowest BCUT2D eigenvalue weighted by Crippen LogP contribution is -2.50. The molecule has 9 rings (SSSR count). The minimum Gasteiger partial charge on any atom is -0.371 e. The minimum absolute atomic E-state index is 0.0242.